The SMILES string of the molecule is CCN(CC)CCC(=O)OCCCCC(C)(C)O. The van der Waals surface area contributed by atoms with Crippen molar-refractivity contribution >= 4 is 5.97 Å². The molecule has 0 atom stereocenters. The van der Waals surface area contributed by atoms with Gasteiger partial charge in [-0.15, -0.1) is 0 Å². The monoisotopic (exact) mass is 259 g/mol. The number of esters is 1. The molecule has 0 fully saturated rings. The molecule has 0 radical (unpaired) electrons. The van der Waals surface area contributed by atoms with Crippen molar-refractivity contribution in [3.8, 4) is 0 Å². The zero-order valence-electron chi connectivity index (χ0n) is 12.4. The maximum absolute atomic E-state index is 11.4. The number of rotatable bonds is 10. The van der Waals surface area contributed by atoms with Crippen molar-refractivity contribution in [1.29, 1.82) is 0 Å². The van der Waals surface area contributed by atoms with Crippen LogP contribution in [0.2, 0.25) is 0 Å². The summed E-state index contributed by atoms with van der Waals surface area (Å²) in [4.78, 5) is 13.6. The van der Waals surface area contributed by atoms with Crippen LogP contribution >= 0.6 is 0 Å². The summed E-state index contributed by atoms with van der Waals surface area (Å²) in [5.74, 6) is -0.120. The quantitative estimate of drug-likeness (QED) is 0.483. The second-order valence-corrected chi connectivity index (χ2v) is 5.27. The molecule has 0 aromatic rings. The van der Waals surface area contributed by atoms with Crippen LogP contribution in [0.25, 0.3) is 0 Å². The highest BCUT2D eigenvalue weighted by molar-refractivity contribution is 5.69. The third-order valence-corrected chi connectivity index (χ3v) is 2.97. The lowest BCUT2D eigenvalue weighted by Gasteiger charge is -2.17. The van der Waals surface area contributed by atoms with E-state index in [4.69, 9.17) is 4.74 Å². The molecule has 0 aromatic carbocycles. The first-order valence-electron chi connectivity index (χ1n) is 6.99. The molecule has 108 valence electrons. The molecule has 4 nitrogen and oxygen atoms in total. The second kappa shape index (κ2) is 9.34. The van der Waals surface area contributed by atoms with Gasteiger partial charge in [-0.25, -0.2) is 0 Å². The highest BCUT2D eigenvalue weighted by atomic mass is 16.5. The number of hydrogen-bond donors (Lipinski definition) is 1. The molecule has 0 saturated heterocycles. The smallest absolute Gasteiger partial charge is 0.307 e. The fourth-order valence-corrected chi connectivity index (χ4v) is 1.71. The molecular weight excluding hydrogens is 230 g/mol. The molecule has 0 amide bonds. The van der Waals surface area contributed by atoms with Crippen molar-refractivity contribution in [3.63, 3.8) is 0 Å². The predicted octanol–water partition coefficient (Wildman–Crippen LogP) is 2.20. The fraction of sp³-hybridized carbons (Fsp3) is 0.929. The molecule has 0 heterocycles. The van der Waals surface area contributed by atoms with Crippen LogP contribution in [0.5, 0.6) is 0 Å². The minimum atomic E-state index is -0.618. The van der Waals surface area contributed by atoms with E-state index in [-0.39, 0.29) is 5.97 Å². The molecule has 0 aliphatic rings. The second-order valence-electron chi connectivity index (χ2n) is 5.27. The van der Waals surface area contributed by atoms with E-state index in [9.17, 15) is 9.90 Å². The van der Waals surface area contributed by atoms with Gasteiger partial charge in [-0.1, -0.05) is 13.8 Å². The normalized spacial score (nSPS) is 11.9. The van der Waals surface area contributed by atoms with Gasteiger partial charge >= 0.3 is 5.97 Å². The highest BCUT2D eigenvalue weighted by Gasteiger charge is 2.11. The van der Waals surface area contributed by atoms with Gasteiger partial charge in [-0.3, -0.25) is 4.79 Å². The summed E-state index contributed by atoms with van der Waals surface area (Å²) >= 11 is 0. The van der Waals surface area contributed by atoms with Crippen molar-refractivity contribution in [3.05, 3.63) is 0 Å². The van der Waals surface area contributed by atoms with Crippen LogP contribution in [0, 0.1) is 0 Å². The van der Waals surface area contributed by atoms with E-state index in [1.165, 1.54) is 0 Å². The van der Waals surface area contributed by atoms with Crippen LogP contribution in [-0.4, -0.2) is 47.8 Å². The molecule has 18 heavy (non-hydrogen) atoms. The van der Waals surface area contributed by atoms with Crippen LogP contribution in [-0.2, 0) is 9.53 Å². The van der Waals surface area contributed by atoms with E-state index in [0.29, 0.717) is 13.0 Å². The van der Waals surface area contributed by atoms with Crippen molar-refractivity contribution in [1.82, 2.24) is 4.90 Å². The number of nitrogens with zero attached hydrogens (tertiary/aromatic N) is 1. The molecule has 0 aliphatic heterocycles. The maximum atomic E-state index is 11.4. The summed E-state index contributed by atoms with van der Waals surface area (Å²) in [5, 5.41) is 9.51. The molecule has 0 saturated carbocycles. The average molecular weight is 259 g/mol. The summed E-state index contributed by atoms with van der Waals surface area (Å²) in [5.41, 5.74) is -0.618. The van der Waals surface area contributed by atoms with E-state index >= 15 is 0 Å². The minimum absolute atomic E-state index is 0.120. The van der Waals surface area contributed by atoms with Crippen molar-refractivity contribution < 1.29 is 14.6 Å². The molecule has 4 heteroatoms. The first kappa shape index (κ1) is 17.4. The van der Waals surface area contributed by atoms with Crippen molar-refractivity contribution in [2.45, 2.75) is 59.0 Å². The topological polar surface area (TPSA) is 49.8 Å². The summed E-state index contributed by atoms with van der Waals surface area (Å²) in [7, 11) is 0. The number of hydrogen-bond acceptors (Lipinski definition) is 4. The van der Waals surface area contributed by atoms with Gasteiger partial charge in [0, 0.05) is 6.54 Å². The van der Waals surface area contributed by atoms with E-state index in [2.05, 4.69) is 18.7 Å². The molecule has 0 rings (SSSR count). The molecule has 0 aliphatic carbocycles. The molecule has 0 bridgehead atoms. The average Bonchev–Trinajstić information content (AvgIpc) is 2.28. The van der Waals surface area contributed by atoms with Crippen molar-refractivity contribution in [2.75, 3.05) is 26.2 Å². The Bertz CT molecular complexity index is 220. The van der Waals surface area contributed by atoms with Gasteiger partial charge in [0.2, 0.25) is 0 Å². The number of unbranched alkanes of at least 4 members (excludes halogenated alkanes) is 1. The molecular formula is C14H29NO3. The van der Waals surface area contributed by atoms with Crippen LogP contribution in [0.4, 0.5) is 0 Å². The maximum Gasteiger partial charge on any atom is 0.307 e. The Labute approximate surface area is 111 Å². The summed E-state index contributed by atoms with van der Waals surface area (Å²) in [6.45, 7) is 10.9. The lowest BCUT2D eigenvalue weighted by atomic mass is 10.0. The third-order valence-electron chi connectivity index (χ3n) is 2.97. The number of carbonyl (C=O) groups excluding carboxylic acids is 1. The minimum Gasteiger partial charge on any atom is -0.466 e. The van der Waals surface area contributed by atoms with Gasteiger partial charge < -0.3 is 14.7 Å². The van der Waals surface area contributed by atoms with Gasteiger partial charge in [-0.2, -0.15) is 0 Å². The van der Waals surface area contributed by atoms with Gasteiger partial charge in [0.25, 0.3) is 0 Å². The van der Waals surface area contributed by atoms with Crippen molar-refractivity contribution in [2.24, 2.45) is 0 Å². The Morgan fingerprint density at radius 1 is 1.22 bits per heavy atom. The molecule has 0 aromatic heterocycles. The summed E-state index contributed by atoms with van der Waals surface area (Å²) in [6.07, 6.45) is 2.91. The van der Waals surface area contributed by atoms with E-state index < -0.39 is 5.60 Å². The standard InChI is InChI=1S/C14H29NO3/c1-5-15(6-2)11-9-13(16)18-12-8-7-10-14(3,4)17/h17H,5-12H2,1-4H3. The van der Waals surface area contributed by atoms with Crippen LogP contribution < -0.4 is 0 Å². The highest BCUT2D eigenvalue weighted by Crippen LogP contribution is 2.11. The molecule has 0 unspecified atom stereocenters. The van der Waals surface area contributed by atoms with Gasteiger partial charge in [0.15, 0.2) is 0 Å². The van der Waals surface area contributed by atoms with E-state index in [0.717, 1.165) is 38.9 Å². The van der Waals surface area contributed by atoms with Gasteiger partial charge in [-0.05, 0) is 46.2 Å². The fourth-order valence-electron chi connectivity index (χ4n) is 1.71. The Morgan fingerprint density at radius 3 is 2.33 bits per heavy atom. The van der Waals surface area contributed by atoms with E-state index in [1.54, 1.807) is 13.8 Å². The van der Waals surface area contributed by atoms with Gasteiger partial charge in [0.1, 0.15) is 0 Å². The first-order chi connectivity index (χ1) is 8.39. The van der Waals surface area contributed by atoms with Crippen LogP contribution in [0.15, 0.2) is 0 Å². The number of carbonyl (C=O) groups is 1. The summed E-state index contributed by atoms with van der Waals surface area (Å²) in [6, 6.07) is 0. The molecule has 0 spiro atoms. The predicted molar refractivity (Wildman–Crippen MR) is 73.5 cm³/mol. The number of aliphatic hydroxyl groups is 1. The van der Waals surface area contributed by atoms with E-state index in [1.807, 2.05) is 0 Å². The zero-order chi connectivity index (χ0) is 14.0. The largest absolute Gasteiger partial charge is 0.466 e. The first-order valence-corrected chi connectivity index (χ1v) is 6.99. The summed E-state index contributed by atoms with van der Waals surface area (Å²) < 4.78 is 5.15. The third kappa shape index (κ3) is 10.5. The Hall–Kier alpha value is -0.610. The van der Waals surface area contributed by atoms with Crippen LogP contribution in [0.1, 0.15) is 53.4 Å². The molecule has 1 N–H and O–H groups in total. The lowest BCUT2D eigenvalue weighted by molar-refractivity contribution is -0.144. The number of ether oxygens (including phenoxy) is 1. The Balaban J connectivity index is 3.48. The van der Waals surface area contributed by atoms with Gasteiger partial charge in [0.05, 0.1) is 18.6 Å². The van der Waals surface area contributed by atoms with Crippen LogP contribution in [0.3, 0.4) is 0 Å². The lowest BCUT2D eigenvalue weighted by Crippen LogP contribution is -2.26. The Morgan fingerprint density at radius 2 is 1.83 bits per heavy atom. The Kier molecular flexibility index (Phi) is 9.02. The zero-order valence-corrected chi connectivity index (χ0v) is 12.4.